The Balaban J connectivity index is 3.13. The first-order valence-electron chi connectivity index (χ1n) is 1.85. The first-order chi connectivity index (χ1) is 3.80. The monoisotopic (exact) mass is 115 g/mol. The number of hydrogen-bond acceptors (Lipinski definition) is 2. The van der Waals surface area contributed by atoms with Crippen LogP contribution in [0.2, 0.25) is 0 Å². The molecule has 2 nitrogen and oxygen atoms in total. The van der Waals surface area contributed by atoms with E-state index in [0.717, 1.165) is 0 Å². The van der Waals surface area contributed by atoms with Crippen LogP contribution in [-0.2, 0) is 0 Å². The van der Waals surface area contributed by atoms with Crippen LogP contribution in [0.5, 0.6) is 0 Å². The average molecular weight is 115 g/mol. The van der Waals surface area contributed by atoms with Gasteiger partial charge in [0.2, 0.25) is 0 Å². The Kier molecular flexibility index (Phi) is 1.15. The van der Waals surface area contributed by atoms with Crippen molar-refractivity contribution in [3.8, 4) is 0 Å². The van der Waals surface area contributed by atoms with Crippen molar-refractivity contribution in [1.82, 2.24) is 10.2 Å². The Bertz CT molecular complexity index is 168. The molecule has 0 saturated carbocycles. The summed E-state index contributed by atoms with van der Waals surface area (Å²) in [6.07, 6.45) is 2.38. The second-order valence-electron chi connectivity index (χ2n) is 1.12. The van der Waals surface area contributed by atoms with Crippen LogP contribution in [0.25, 0.3) is 0 Å². The average Bonchev–Trinajstić information content (AvgIpc) is 1.77. The third kappa shape index (κ3) is 0.776. The van der Waals surface area contributed by atoms with Crippen molar-refractivity contribution in [1.29, 1.82) is 0 Å². The van der Waals surface area contributed by atoms with Gasteiger partial charge in [-0.15, -0.1) is 5.10 Å². The van der Waals surface area contributed by atoms with E-state index >= 15 is 0 Å². The predicted molar refractivity (Wildman–Crippen MR) is 20.8 cm³/mol. The number of rotatable bonds is 0. The normalized spacial score (nSPS) is 9.25. The highest BCUT2D eigenvalue weighted by Gasteiger charge is 1.97. The van der Waals surface area contributed by atoms with Gasteiger partial charge in [0, 0.05) is 0 Å². The predicted octanol–water partition coefficient (Wildman–Crippen LogP) is 0.555. The molecule has 8 heavy (non-hydrogen) atoms. The summed E-state index contributed by atoms with van der Waals surface area (Å²) < 4.78 is 23.6. The summed E-state index contributed by atoms with van der Waals surface area (Å²) >= 11 is 0. The SMILES string of the molecule is Fc1[c]nncc1F. The molecule has 0 aromatic carbocycles. The van der Waals surface area contributed by atoms with Gasteiger partial charge in [0.15, 0.2) is 17.8 Å². The zero-order valence-corrected chi connectivity index (χ0v) is 3.73. The summed E-state index contributed by atoms with van der Waals surface area (Å²) in [6, 6.07) is 0. The minimum Gasteiger partial charge on any atom is -0.202 e. The third-order valence-corrected chi connectivity index (χ3v) is 0.587. The Morgan fingerprint density at radius 2 is 2.25 bits per heavy atom. The fourth-order valence-corrected chi connectivity index (χ4v) is 0.262. The molecule has 0 N–H and O–H groups in total. The Morgan fingerprint density at radius 1 is 1.50 bits per heavy atom. The van der Waals surface area contributed by atoms with Crippen LogP contribution in [0.3, 0.4) is 0 Å². The van der Waals surface area contributed by atoms with Crippen molar-refractivity contribution in [2.45, 2.75) is 0 Å². The van der Waals surface area contributed by atoms with Crippen molar-refractivity contribution < 1.29 is 8.78 Å². The summed E-state index contributed by atoms with van der Waals surface area (Å²) in [5.41, 5.74) is 0. The summed E-state index contributed by atoms with van der Waals surface area (Å²) in [5, 5.41) is 5.98. The number of halogens is 2. The summed E-state index contributed by atoms with van der Waals surface area (Å²) in [7, 11) is 0. The highest BCUT2D eigenvalue weighted by Crippen LogP contribution is 1.96. The van der Waals surface area contributed by atoms with E-state index in [1.54, 1.807) is 6.20 Å². The van der Waals surface area contributed by atoms with Gasteiger partial charge in [0.1, 0.15) is 0 Å². The molecule has 0 amide bonds. The Labute approximate surface area is 44.2 Å². The van der Waals surface area contributed by atoms with Gasteiger partial charge in [-0.25, -0.2) is 8.78 Å². The first-order valence-corrected chi connectivity index (χ1v) is 1.85. The molecule has 1 aromatic rings. The molecule has 41 valence electrons. The third-order valence-electron chi connectivity index (χ3n) is 0.587. The van der Waals surface area contributed by atoms with Crippen molar-refractivity contribution in [3.05, 3.63) is 24.0 Å². The Hall–Kier alpha value is -1.06. The van der Waals surface area contributed by atoms with Crippen LogP contribution in [0.4, 0.5) is 8.78 Å². The molecule has 0 fully saturated rings. The lowest BCUT2D eigenvalue weighted by molar-refractivity contribution is 0.493. The quantitative estimate of drug-likeness (QED) is 0.493. The van der Waals surface area contributed by atoms with E-state index in [9.17, 15) is 8.78 Å². The summed E-state index contributed by atoms with van der Waals surface area (Å²) in [5.74, 6) is -2.12. The molecule has 1 radical (unpaired) electrons. The van der Waals surface area contributed by atoms with E-state index in [4.69, 9.17) is 0 Å². The molecule has 0 spiro atoms. The van der Waals surface area contributed by atoms with Crippen LogP contribution >= 0.6 is 0 Å². The fraction of sp³-hybridized carbons (Fsp3) is 0. The zero-order chi connectivity index (χ0) is 5.98. The molecule has 0 unspecified atom stereocenters. The standard InChI is InChI=1S/C4HF2N2/c5-3-1-7-8-2-4(3)6/h1H. The summed E-state index contributed by atoms with van der Waals surface area (Å²) in [4.78, 5) is 0. The van der Waals surface area contributed by atoms with E-state index in [1.807, 2.05) is 0 Å². The fourth-order valence-electron chi connectivity index (χ4n) is 0.262. The van der Waals surface area contributed by atoms with Gasteiger partial charge in [-0.05, 0) is 0 Å². The van der Waals surface area contributed by atoms with E-state index in [2.05, 4.69) is 10.2 Å². The highest BCUT2D eigenvalue weighted by molar-refractivity contribution is 4.89. The van der Waals surface area contributed by atoms with E-state index < -0.39 is 11.6 Å². The van der Waals surface area contributed by atoms with Gasteiger partial charge in [0.25, 0.3) is 0 Å². The second kappa shape index (κ2) is 1.81. The summed E-state index contributed by atoms with van der Waals surface area (Å²) in [6.45, 7) is 0. The van der Waals surface area contributed by atoms with Gasteiger partial charge >= 0.3 is 0 Å². The van der Waals surface area contributed by atoms with Crippen LogP contribution in [-0.4, -0.2) is 10.2 Å². The van der Waals surface area contributed by atoms with Gasteiger partial charge in [-0.2, -0.15) is 5.10 Å². The van der Waals surface area contributed by atoms with Crippen molar-refractivity contribution in [3.63, 3.8) is 0 Å². The van der Waals surface area contributed by atoms with Crippen molar-refractivity contribution >= 4 is 0 Å². The molecule has 1 aromatic heterocycles. The molecule has 0 atom stereocenters. The van der Waals surface area contributed by atoms with Crippen LogP contribution in [0.15, 0.2) is 6.20 Å². The lowest BCUT2D eigenvalue weighted by atomic mass is 10.5. The largest absolute Gasteiger partial charge is 0.202 e. The van der Waals surface area contributed by atoms with Gasteiger partial charge in [0.05, 0.1) is 6.20 Å². The number of hydrogen-bond donors (Lipinski definition) is 0. The molecule has 1 heterocycles. The molecule has 0 aliphatic rings. The highest BCUT2D eigenvalue weighted by atomic mass is 19.2. The lowest BCUT2D eigenvalue weighted by Gasteiger charge is -1.82. The first kappa shape index (κ1) is 5.08. The van der Waals surface area contributed by atoms with Gasteiger partial charge < -0.3 is 0 Å². The maximum Gasteiger partial charge on any atom is 0.190 e. The van der Waals surface area contributed by atoms with E-state index in [0.29, 0.717) is 6.20 Å². The molecule has 0 bridgehead atoms. The van der Waals surface area contributed by atoms with E-state index in [-0.39, 0.29) is 0 Å². The Morgan fingerprint density at radius 3 is 2.62 bits per heavy atom. The molecule has 0 saturated heterocycles. The molecule has 1 rings (SSSR count). The van der Waals surface area contributed by atoms with Crippen molar-refractivity contribution in [2.75, 3.05) is 0 Å². The molecule has 4 heteroatoms. The number of aromatic nitrogens is 2. The molecular formula is C4HF2N2. The topological polar surface area (TPSA) is 25.8 Å². The minimum atomic E-state index is -1.10. The maximum atomic E-state index is 11.8. The molecule has 0 aliphatic carbocycles. The van der Waals surface area contributed by atoms with Gasteiger partial charge in [-0.1, -0.05) is 0 Å². The maximum absolute atomic E-state index is 11.8. The van der Waals surface area contributed by atoms with Gasteiger partial charge in [-0.3, -0.25) is 0 Å². The minimum absolute atomic E-state index is 0.686. The number of nitrogens with zero attached hydrogens (tertiary/aromatic N) is 2. The van der Waals surface area contributed by atoms with Crippen LogP contribution < -0.4 is 0 Å². The molecular weight excluding hydrogens is 114 g/mol. The second-order valence-corrected chi connectivity index (χ2v) is 1.12. The zero-order valence-electron chi connectivity index (χ0n) is 3.73. The smallest absolute Gasteiger partial charge is 0.190 e. The lowest BCUT2D eigenvalue weighted by Crippen LogP contribution is -1.87. The van der Waals surface area contributed by atoms with E-state index in [1.165, 1.54) is 0 Å². The molecule has 0 aliphatic heterocycles. The van der Waals surface area contributed by atoms with Crippen molar-refractivity contribution in [2.24, 2.45) is 0 Å². The van der Waals surface area contributed by atoms with Crippen LogP contribution in [0, 0.1) is 17.8 Å². The van der Waals surface area contributed by atoms with Crippen LogP contribution in [0.1, 0.15) is 0 Å².